The van der Waals surface area contributed by atoms with Crippen LogP contribution in [0, 0.1) is 11.8 Å². The second-order valence-electron chi connectivity index (χ2n) is 9.60. The van der Waals surface area contributed by atoms with E-state index < -0.39 is 17.6 Å². The van der Waals surface area contributed by atoms with Gasteiger partial charge in [0, 0.05) is 66.3 Å². The highest BCUT2D eigenvalue weighted by molar-refractivity contribution is 8.76. The van der Waals surface area contributed by atoms with Gasteiger partial charge in [0.15, 0.2) is 0 Å². The maximum Gasteiger partial charge on any atom is 0.501 e. The molecule has 0 saturated heterocycles. The van der Waals surface area contributed by atoms with Gasteiger partial charge in [0.05, 0.1) is 79.3 Å². The molecule has 0 rings (SSSR count). The second kappa shape index (κ2) is 29.1. The Labute approximate surface area is 264 Å². The molecule has 0 bridgehead atoms. The first-order chi connectivity index (χ1) is 20.4. The van der Waals surface area contributed by atoms with Gasteiger partial charge in [-0.05, 0) is 11.8 Å². The lowest BCUT2D eigenvalue weighted by atomic mass is 10.3. The lowest BCUT2D eigenvalue weighted by Crippen LogP contribution is -2.49. The SMILES string of the molecule is COCCO[Si](CC(C)CSSCC(C)C[Si](OCCOC)(OCCOC)OCCOC)(OCCOC)OCCOC. The van der Waals surface area contributed by atoms with Gasteiger partial charge in [0.25, 0.3) is 0 Å². The lowest BCUT2D eigenvalue weighted by Gasteiger charge is -2.32. The molecule has 16 heteroatoms. The molecule has 0 radical (unpaired) electrons. The van der Waals surface area contributed by atoms with Gasteiger partial charge in [-0.2, -0.15) is 0 Å². The normalized spacial score (nSPS) is 14.0. The van der Waals surface area contributed by atoms with Crippen LogP contribution >= 0.6 is 21.6 Å². The van der Waals surface area contributed by atoms with Gasteiger partial charge in [0.1, 0.15) is 0 Å². The number of methoxy groups -OCH3 is 6. The van der Waals surface area contributed by atoms with Crippen molar-refractivity contribution in [2.45, 2.75) is 25.9 Å². The van der Waals surface area contributed by atoms with E-state index in [2.05, 4.69) is 13.8 Å². The quantitative estimate of drug-likeness (QED) is 0.0572. The number of rotatable bonds is 33. The molecule has 0 N–H and O–H groups in total. The Bertz CT molecular complexity index is 488. The summed E-state index contributed by atoms with van der Waals surface area (Å²) in [7, 11) is 7.64. The fraction of sp³-hybridized carbons (Fsp3) is 1.00. The molecular formula is C26H58O12S2Si2. The van der Waals surface area contributed by atoms with Crippen LogP contribution in [0.25, 0.3) is 0 Å². The summed E-state index contributed by atoms with van der Waals surface area (Å²) >= 11 is 0. The topological polar surface area (TPSA) is 111 Å². The Hall–Kier alpha value is 0.654. The van der Waals surface area contributed by atoms with Crippen molar-refractivity contribution in [1.82, 2.24) is 0 Å². The van der Waals surface area contributed by atoms with E-state index in [0.717, 1.165) is 11.5 Å². The predicted octanol–water partition coefficient (Wildman–Crippen LogP) is 3.50. The van der Waals surface area contributed by atoms with E-state index in [1.807, 2.05) is 21.6 Å². The molecule has 12 nitrogen and oxygen atoms in total. The molecule has 0 aromatic heterocycles. The van der Waals surface area contributed by atoms with Crippen molar-refractivity contribution in [2.24, 2.45) is 11.8 Å². The number of hydrogen-bond acceptors (Lipinski definition) is 14. The Morgan fingerprint density at radius 2 is 0.595 bits per heavy atom. The minimum absolute atomic E-state index is 0.303. The van der Waals surface area contributed by atoms with Crippen LogP contribution in [0.5, 0.6) is 0 Å². The first kappa shape index (κ1) is 42.7. The fourth-order valence-electron chi connectivity index (χ4n) is 3.59. The van der Waals surface area contributed by atoms with Crippen LogP contribution in [0.15, 0.2) is 0 Å². The third-order valence-electron chi connectivity index (χ3n) is 5.64. The molecule has 0 aliphatic carbocycles. The summed E-state index contributed by atoms with van der Waals surface area (Å²) < 4.78 is 68.6. The summed E-state index contributed by atoms with van der Waals surface area (Å²) in [5.74, 6) is 2.45. The highest BCUT2D eigenvalue weighted by Crippen LogP contribution is 2.33. The van der Waals surface area contributed by atoms with Gasteiger partial charge in [0.2, 0.25) is 0 Å². The van der Waals surface area contributed by atoms with Gasteiger partial charge >= 0.3 is 17.6 Å². The van der Waals surface area contributed by atoms with Crippen LogP contribution in [-0.2, 0) is 55.0 Å². The van der Waals surface area contributed by atoms with Gasteiger partial charge in [-0.15, -0.1) is 0 Å². The zero-order valence-corrected chi connectivity index (χ0v) is 30.8. The first-order valence-electron chi connectivity index (χ1n) is 14.4. The van der Waals surface area contributed by atoms with Crippen LogP contribution in [0.2, 0.25) is 12.1 Å². The van der Waals surface area contributed by atoms with Crippen molar-refractivity contribution in [3.63, 3.8) is 0 Å². The van der Waals surface area contributed by atoms with E-state index >= 15 is 0 Å². The highest BCUT2D eigenvalue weighted by atomic mass is 33.1. The van der Waals surface area contributed by atoms with Crippen LogP contribution < -0.4 is 0 Å². The summed E-state index contributed by atoms with van der Waals surface area (Å²) in [5, 5.41) is 0. The maximum atomic E-state index is 6.23. The molecular weight excluding hydrogens is 625 g/mol. The standard InChI is InChI=1S/C26H58O12S2Si2/c1-25(23-41(33-15-9-27-3,34-16-10-28-4)35-17-11-29-5)21-39-40-22-26(2)24-42(36-18-12-30-6,37-19-13-31-7)38-20-14-32-8/h25-26H,9-24H2,1-8H3. The summed E-state index contributed by atoms with van der Waals surface area (Å²) in [4.78, 5) is 0. The van der Waals surface area contributed by atoms with E-state index in [0.29, 0.717) is 103 Å². The highest BCUT2D eigenvalue weighted by Gasteiger charge is 2.44. The molecule has 0 aromatic carbocycles. The number of hydrogen-bond donors (Lipinski definition) is 0. The molecule has 2 unspecified atom stereocenters. The van der Waals surface area contributed by atoms with Crippen molar-refractivity contribution in [3.8, 4) is 0 Å². The van der Waals surface area contributed by atoms with Crippen molar-refractivity contribution < 1.29 is 55.0 Å². The Kier molecular flexibility index (Phi) is 29.5. The van der Waals surface area contributed by atoms with Crippen LogP contribution in [0.4, 0.5) is 0 Å². The molecule has 0 aromatic rings. The van der Waals surface area contributed by atoms with Gasteiger partial charge in [-0.1, -0.05) is 35.4 Å². The Balaban J connectivity index is 5.11. The predicted molar refractivity (Wildman–Crippen MR) is 171 cm³/mol. The summed E-state index contributed by atoms with van der Waals surface area (Å²) in [5.41, 5.74) is 0. The molecule has 0 spiro atoms. The second-order valence-corrected chi connectivity index (χ2v) is 17.4. The largest absolute Gasteiger partial charge is 0.501 e. The van der Waals surface area contributed by atoms with E-state index in [9.17, 15) is 0 Å². The van der Waals surface area contributed by atoms with Crippen molar-refractivity contribution in [1.29, 1.82) is 0 Å². The zero-order chi connectivity index (χ0) is 31.4. The lowest BCUT2D eigenvalue weighted by molar-refractivity contribution is 0.0126. The van der Waals surface area contributed by atoms with Crippen LogP contribution in [-0.4, -0.2) is 151 Å². The third-order valence-corrected chi connectivity index (χ3v) is 14.8. The van der Waals surface area contributed by atoms with Crippen molar-refractivity contribution in [2.75, 3.05) is 133 Å². The maximum absolute atomic E-state index is 6.23. The molecule has 0 saturated carbocycles. The monoisotopic (exact) mass is 682 g/mol. The van der Waals surface area contributed by atoms with Crippen molar-refractivity contribution >= 4 is 39.2 Å². The fourth-order valence-corrected chi connectivity index (χ4v) is 12.4. The van der Waals surface area contributed by atoms with Crippen LogP contribution in [0.3, 0.4) is 0 Å². The smallest absolute Gasteiger partial charge is 0.382 e. The molecule has 0 fully saturated rings. The third kappa shape index (κ3) is 22.2. The zero-order valence-electron chi connectivity index (χ0n) is 27.2. The average Bonchev–Trinajstić information content (AvgIpc) is 2.96. The molecule has 0 aliphatic rings. The van der Waals surface area contributed by atoms with E-state index in [1.54, 1.807) is 42.7 Å². The van der Waals surface area contributed by atoms with E-state index in [1.165, 1.54) is 0 Å². The molecule has 254 valence electrons. The van der Waals surface area contributed by atoms with Gasteiger partial charge < -0.3 is 55.0 Å². The minimum Gasteiger partial charge on any atom is -0.382 e. The molecule has 2 atom stereocenters. The summed E-state index contributed by atoms with van der Waals surface area (Å²) in [6.45, 7) is 9.67. The van der Waals surface area contributed by atoms with Gasteiger partial charge in [-0.3, -0.25) is 0 Å². The first-order valence-corrected chi connectivity index (χ1v) is 20.7. The van der Waals surface area contributed by atoms with Crippen molar-refractivity contribution in [3.05, 3.63) is 0 Å². The molecule has 0 amide bonds. The molecule has 0 heterocycles. The van der Waals surface area contributed by atoms with Crippen LogP contribution in [0.1, 0.15) is 13.8 Å². The van der Waals surface area contributed by atoms with Gasteiger partial charge in [-0.25, -0.2) is 0 Å². The number of ether oxygens (including phenoxy) is 6. The summed E-state index contributed by atoms with van der Waals surface area (Å²) in [6.07, 6.45) is 0. The van der Waals surface area contributed by atoms with E-state index in [-0.39, 0.29) is 0 Å². The minimum atomic E-state index is -2.97. The summed E-state index contributed by atoms with van der Waals surface area (Å²) in [6, 6.07) is 1.38. The molecule has 0 aliphatic heterocycles. The Morgan fingerprint density at radius 1 is 0.381 bits per heavy atom. The van der Waals surface area contributed by atoms with E-state index in [4.69, 9.17) is 55.0 Å². The average molecular weight is 683 g/mol. The molecule has 42 heavy (non-hydrogen) atoms. The Morgan fingerprint density at radius 3 is 0.786 bits per heavy atom.